The first-order valence-electron chi connectivity index (χ1n) is 4.78. The van der Waals surface area contributed by atoms with Crippen LogP contribution in [0.15, 0.2) is 0 Å². The van der Waals surface area contributed by atoms with Gasteiger partial charge in [-0.2, -0.15) is 0 Å². The second-order valence-electron chi connectivity index (χ2n) is 3.14. The Balaban J connectivity index is 4.29. The van der Waals surface area contributed by atoms with Gasteiger partial charge >= 0.3 is 11.9 Å². The molecule has 0 bridgehead atoms. The van der Waals surface area contributed by atoms with Crippen LogP contribution in [-0.4, -0.2) is 37.2 Å². The van der Waals surface area contributed by atoms with Crippen molar-refractivity contribution in [3.63, 3.8) is 0 Å². The molecule has 1 atom stereocenters. The van der Waals surface area contributed by atoms with Crippen LogP contribution >= 0.6 is 0 Å². The highest BCUT2D eigenvalue weighted by molar-refractivity contribution is 5.75. The van der Waals surface area contributed by atoms with Crippen molar-refractivity contribution in [3.8, 4) is 0 Å². The topological polar surface area (TPSA) is 108 Å². The molecule has 0 rings (SSSR count). The van der Waals surface area contributed by atoms with Gasteiger partial charge in [-0.25, -0.2) is 0 Å². The van der Waals surface area contributed by atoms with Gasteiger partial charge in [-0.05, 0) is 0 Å². The maximum Gasteiger partial charge on any atom is 0.328 e. The predicted molar refractivity (Wildman–Crippen MR) is 54.0 cm³/mol. The van der Waals surface area contributed by atoms with E-state index in [4.69, 9.17) is 15.2 Å². The highest BCUT2D eigenvalue weighted by Crippen LogP contribution is 2.17. The van der Waals surface area contributed by atoms with Crippen molar-refractivity contribution in [2.75, 3.05) is 13.1 Å². The number of esters is 2. The fourth-order valence-corrected chi connectivity index (χ4v) is 0.850. The predicted octanol–water partition coefficient (Wildman–Crippen LogP) is -1.10. The summed E-state index contributed by atoms with van der Waals surface area (Å²) in [6, 6.07) is 0. The Kier molecular flexibility index (Phi) is 6.09. The molecule has 0 aromatic heterocycles. The number of ether oxygens (including phenoxy) is 2. The molecule has 7 heteroatoms. The fraction of sp³-hybridized carbons (Fsp3) is 0.667. The van der Waals surface area contributed by atoms with Crippen LogP contribution in [0.3, 0.4) is 0 Å². The molecule has 0 saturated heterocycles. The summed E-state index contributed by atoms with van der Waals surface area (Å²) >= 11 is 0. The number of hydrogen-bond donors (Lipinski definition) is 2. The summed E-state index contributed by atoms with van der Waals surface area (Å²) in [5, 5.41) is 2.14. The van der Waals surface area contributed by atoms with E-state index in [1.807, 2.05) is 0 Å². The van der Waals surface area contributed by atoms with Gasteiger partial charge in [-0.3, -0.25) is 14.4 Å². The first-order chi connectivity index (χ1) is 7.47. The minimum absolute atomic E-state index is 0.279. The van der Waals surface area contributed by atoms with Gasteiger partial charge in [-0.1, -0.05) is 6.92 Å². The average Bonchev–Trinajstić information content (AvgIpc) is 2.26. The van der Waals surface area contributed by atoms with Gasteiger partial charge in [0, 0.05) is 13.3 Å². The van der Waals surface area contributed by atoms with Crippen LogP contribution in [-0.2, 0) is 23.9 Å². The zero-order chi connectivity index (χ0) is 12.6. The van der Waals surface area contributed by atoms with E-state index in [0.717, 1.165) is 0 Å². The lowest BCUT2D eigenvalue weighted by Gasteiger charge is -2.27. The Morgan fingerprint density at radius 1 is 1.38 bits per heavy atom. The summed E-state index contributed by atoms with van der Waals surface area (Å²) in [6.07, 6.45) is 0.655. The lowest BCUT2D eigenvalue weighted by Crippen LogP contribution is -2.40. The Morgan fingerprint density at radius 3 is 2.38 bits per heavy atom. The molecule has 0 aliphatic rings. The van der Waals surface area contributed by atoms with Crippen LogP contribution in [0.5, 0.6) is 0 Å². The molecule has 0 radical (unpaired) electrons. The third-order valence-corrected chi connectivity index (χ3v) is 1.80. The molecule has 1 unspecified atom stereocenters. The molecule has 1 amide bonds. The number of hydrogen-bond acceptors (Lipinski definition) is 6. The van der Waals surface area contributed by atoms with Crippen LogP contribution < -0.4 is 11.1 Å². The first kappa shape index (κ1) is 14.4. The molecule has 7 nitrogen and oxygen atoms in total. The van der Waals surface area contributed by atoms with Gasteiger partial charge in [0.1, 0.15) is 6.54 Å². The summed E-state index contributed by atoms with van der Waals surface area (Å²) in [7, 11) is 0. The highest BCUT2D eigenvalue weighted by atomic mass is 16.7. The quantitative estimate of drug-likeness (QED) is 0.328. The minimum atomic E-state index is -1.35. The molecule has 0 fully saturated rings. The van der Waals surface area contributed by atoms with E-state index in [0.29, 0.717) is 6.41 Å². The van der Waals surface area contributed by atoms with Crippen LogP contribution in [0.4, 0.5) is 0 Å². The van der Waals surface area contributed by atoms with Crippen molar-refractivity contribution in [3.05, 3.63) is 0 Å². The molecule has 3 N–H and O–H groups in total. The summed E-state index contributed by atoms with van der Waals surface area (Å²) in [5.74, 6) is -2.71. The molecule has 0 heterocycles. The Labute approximate surface area is 93.3 Å². The molecular formula is C9H16N2O5. The Hall–Kier alpha value is -1.63. The molecule has 0 saturated carbocycles. The van der Waals surface area contributed by atoms with Crippen molar-refractivity contribution in [1.29, 1.82) is 0 Å². The SMILES string of the molecule is CCC(C)(OC(=O)CN)OC(=O)CNC=O. The number of rotatable bonds is 7. The van der Waals surface area contributed by atoms with Crippen LogP contribution in [0.2, 0.25) is 0 Å². The van der Waals surface area contributed by atoms with Crippen LogP contribution in [0, 0.1) is 0 Å². The van der Waals surface area contributed by atoms with E-state index in [-0.39, 0.29) is 19.5 Å². The standard InChI is InChI=1S/C9H16N2O5/c1-3-9(2,15-7(13)4-10)16-8(14)5-11-6-12/h6H,3-5,10H2,1-2H3,(H,11,12). The third-order valence-electron chi connectivity index (χ3n) is 1.80. The third kappa shape index (κ3) is 5.30. The second kappa shape index (κ2) is 6.78. The normalized spacial score (nSPS) is 13.4. The van der Waals surface area contributed by atoms with E-state index in [1.54, 1.807) is 6.92 Å². The summed E-state index contributed by atoms with van der Waals surface area (Å²) in [5.41, 5.74) is 5.07. The van der Waals surface area contributed by atoms with E-state index in [9.17, 15) is 14.4 Å². The van der Waals surface area contributed by atoms with Crippen LogP contribution in [0.1, 0.15) is 20.3 Å². The number of carbonyl (C=O) groups is 3. The van der Waals surface area contributed by atoms with Crippen molar-refractivity contribution < 1.29 is 23.9 Å². The molecule has 0 aliphatic heterocycles. The lowest BCUT2D eigenvalue weighted by atomic mass is 10.2. The summed E-state index contributed by atoms with van der Waals surface area (Å²) in [4.78, 5) is 32.1. The molecule has 92 valence electrons. The molecular weight excluding hydrogens is 216 g/mol. The maximum atomic E-state index is 11.2. The molecule has 0 aromatic rings. The number of amides is 1. The molecule has 0 aliphatic carbocycles. The zero-order valence-corrected chi connectivity index (χ0v) is 9.32. The summed E-state index contributed by atoms with van der Waals surface area (Å²) in [6.45, 7) is 2.56. The van der Waals surface area contributed by atoms with Crippen molar-refractivity contribution in [2.45, 2.75) is 26.1 Å². The smallest absolute Gasteiger partial charge is 0.328 e. The van der Waals surface area contributed by atoms with Gasteiger partial charge in [0.2, 0.25) is 6.41 Å². The van der Waals surface area contributed by atoms with E-state index < -0.39 is 17.7 Å². The van der Waals surface area contributed by atoms with E-state index in [2.05, 4.69) is 5.32 Å². The van der Waals surface area contributed by atoms with E-state index in [1.165, 1.54) is 6.92 Å². The highest BCUT2D eigenvalue weighted by Gasteiger charge is 2.30. The van der Waals surface area contributed by atoms with Gasteiger partial charge in [0.05, 0.1) is 6.54 Å². The molecule has 0 aromatic carbocycles. The van der Waals surface area contributed by atoms with Crippen molar-refractivity contribution >= 4 is 18.3 Å². The monoisotopic (exact) mass is 232 g/mol. The lowest BCUT2D eigenvalue weighted by molar-refractivity contribution is -0.221. The first-order valence-corrected chi connectivity index (χ1v) is 4.78. The number of nitrogens with one attached hydrogen (secondary N) is 1. The minimum Gasteiger partial charge on any atom is -0.422 e. The number of nitrogens with two attached hydrogens (primary N) is 1. The zero-order valence-electron chi connectivity index (χ0n) is 9.32. The molecule has 16 heavy (non-hydrogen) atoms. The van der Waals surface area contributed by atoms with Crippen LogP contribution in [0.25, 0.3) is 0 Å². The Morgan fingerprint density at radius 2 is 1.94 bits per heavy atom. The number of carbonyl (C=O) groups excluding carboxylic acids is 3. The van der Waals surface area contributed by atoms with E-state index >= 15 is 0 Å². The maximum absolute atomic E-state index is 11.2. The largest absolute Gasteiger partial charge is 0.422 e. The van der Waals surface area contributed by atoms with Crippen molar-refractivity contribution in [1.82, 2.24) is 5.32 Å². The summed E-state index contributed by atoms with van der Waals surface area (Å²) < 4.78 is 9.77. The van der Waals surface area contributed by atoms with Gasteiger partial charge in [0.15, 0.2) is 0 Å². The van der Waals surface area contributed by atoms with Gasteiger partial charge in [0.25, 0.3) is 5.79 Å². The van der Waals surface area contributed by atoms with Crippen molar-refractivity contribution in [2.24, 2.45) is 5.73 Å². The molecule has 0 spiro atoms. The fourth-order valence-electron chi connectivity index (χ4n) is 0.850. The average molecular weight is 232 g/mol. The van der Waals surface area contributed by atoms with Gasteiger partial charge in [-0.15, -0.1) is 0 Å². The van der Waals surface area contributed by atoms with Gasteiger partial charge < -0.3 is 20.5 Å². The second-order valence-corrected chi connectivity index (χ2v) is 3.14. The Bertz CT molecular complexity index is 269.